The summed E-state index contributed by atoms with van der Waals surface area (Å²) >= 11 is 4.72. The van der Waals surface area contributed by atoms with Crippen LogP contribution in [-0.4, -0.2) is 16.3 Å². The first-order chi connectivity index (χ1) is 5.24. The molecule has 1 aromatic heterocycles. The van der Waals surface area contributed by atoms with Gasteiger partial charge in [-0.1, -0.05) is 12.2 Å². The summed E-state index contributed by atoms with van der Waals surface area (Å²) in [5.41, 5.74) is -0.348. The van der Waals surface area contributed by atoms with Crippen molar-refractivity contribution in [2.24, 2.45) is 0 Å². The van der Waals surface area contributed by atoms with Crippen molar-refractivity contribution in [2.75, 3.05) is 6.61 Å². The van der Waals surface area contributed by atoms with E-state index >= 15 is 0 Å². The van der Waals surface area contributed by atoms with Gasteiger partial charge in [0.1, 0.15) is 11.2 Å². The summed E-state index contributed by atoms with van der Waals surface area (Å²) in [4.78, 5) is 18.3. The van der Waals surface area contributed by atoms with Gasteiger partial charge in [-0.05, 0) is 13.0 Å². The summed E-state index contributed by atoms with van der Waals surface area (Å²) in [6.07, 6.45) is 1.49. The molecule has 4 nitrogen and oxygen atoms in total. The first-order valence-electron chi connectivity index (χ1n) is 3.19. The first kappa shape index (κ1) is 8.00. The first-order valence-corrected chi connectivity index (χ1v) is 3.60. The minimum absolute atomic E-state index is 0.348. The van der Waals surface area contributed by atoms with Gasteiger partial charge in [0.2, 0.25) is 0 Å². The van der Waals surface area contributed by atoms with Gasteiger partial charge in [0.05, 0.1) is 6.20 Å². The van der Waals surface area contributed by atoms with Crippen LogP contribution >= 0.6 is 12.2 Å². The Balaban J connectivity index is 3.10. The molecule has 0 aliphatic heterocycles. The van der Waals surface area contributed by atoms with Gasteiger partial charge in [-0.3, -0.25) is 4.98 Å². The molecule has 1 N–H and O–H groups in total. The Labute approximate surface area is 68.4 Å². The van der Waals surface area contributed by atoms with Crippen LogP contribution in [0.5, 0.6) is 0 Å². The molecule has 0 fully saturated rings. The average molecular weight is 172 g/mol. The van der Waals surface area contributed by atoms with Crippen LogP contribution in [0.1, 0.15) is 6.92 Å². The van der Waals surface area contributed by atoms with Gasteiger partial charge in [-0.25, -0.2) is 4.79 Å². The highest BCUT2D eigenvalue weighted by Crippen LogP contribution is 1.78. The zero-order chi connectivity index (χ0) is 8.27. The average Bonchev–Trinajstić information content (AvgIpc) is 1.95. The summed E-state index contributed by atoms with van der Waals surface area (Å²) in [7, 11) is 0. The second kappa shape index (κ2) is 3.34. The number of hydrogen-bond donors (Lipinski definition) is 1. The molecular formula is C6H8N2O2S. The summed E-state index contributed by atoms with van der Waals surface area (Å²) < 4.78 is 1.52. The Morgan fingerprint density at radius 3 is 3.09 bits per heavy atom. The smallest absolute Gasteiger partial charge is 0.359 e. The summed E-state index contributed by atoms with van der Waals surface area (Å²) in [6.45, 7) is 2.25. The molecule has 1 heterocycles. The van der Waals surface area contributed by atoms with E-state index in [1.807, 2.05) is 0 Å². The normalized spacial score (nSPS) is 9.55. The molecule has 5 heteroatoms. The molecule has 0 aliphatic carbocycles. The number of rotatable bonds is 2. The van der Waals surface area contributed by atoms with Gasteiger partial charge in [0.15, 0.2) is 0 Å². The van der Waals surface area contributed by atoms with E-state index in [0.29, 0.717) is 11.2 Å². The lowest BCUT2D eigenvalue weighted by Gasteiger charge is -2.02. The molecule has 0 radical (unpaired) electrons. The molecule has 60 valence electrons. The van der Waals surface area contributed by atoms with Crippen LogP contribution in [0.4, 0.5) is 0 Å². The number of nitrogens with zero attached hydrogens (tertiary/aromatic N) is 1. The van der Waals surface area contributed by atoms with E-state index in [1.54, 1.807) is 13.0 Å². The van der Waals surface area contributed by atoms with Crippen LogP contribution in [0.3, 0.4) is 0 Å². The van der Waals surface area contributed by atoms with Gasteiger partial charge >= 0.3 is 5.69 Å². The van der Waals surface area contributed by atoms with E-state index < -0.39 is 0 Å². The van der Waals surface area contributed by atoms with Crippen LogP contribution < -0.4 is 10.5 Å². The minimum atomic E-state index is -0.348. The fraction of sp³-hybridized carbons (Fsp3) is 0.333. The lowest BCUT2D eigenvalue weighted by molar-refractivity contribution is 0.109. The molecule has 11 heavy (non-hydrogen) atoms. The number of nitrogens with one attached hydrogen (secondary N) is 1. The van der Waals surface area contributed by atoms with Crippen molar-refractivity contribution >= 4 is 12.2 Å². The molecular weight excluding hydrogens is 164 g/mol. The molecule has 0 bridgehead atoms. The van der Waals surface area contributed by atoms with E-state index in [9.17, 15) is 4.79 Å². The molecule has 0 amide bonds. The largest absolute Gasteiger partial charge is 0.410 e. The number of aromatic amines is 1. The van der Waals surface area contributed by atoms with E-state index in [2.05, 4.69) is 4.98 Å². The highest BCUT2D eigenvalue weighted by molar-refractivity contribution is 7.71. The van der Waals surface area contributed by atoms with Gasteiger partial charge in [-0.15, -0.1) is 4.73 Å². The molecule has 0 atom stereocenters. The van der Waals surface area contributed by atoms with Crippen molar-refractivity contribution in [2.45, 2.75) is 6.92 Å². The molecule has 1 rings (SSSR count). The Bertz CT molecular complexity index is 341. The van der Waals surface area contributed by atoms with Gasteiger partial charge in [-0.2, -0.15) is 0 Å². The van der Waals surface area contributed by atoms with Crippen molar-refractivity contribution in [3.63, 3.8) is 0 Å². The zero-order valence-corrected chi connectivity index (χ0v) is 6.85. The third-order valence-corrected chi connectivity index (χ3v) is 1.30. The third-order valence-electron chi connectivity index (χ3n) is 1.06. The Kier molecular flexibility index (Phi) is 2.43. The van der Waals surface area contributed by atoms with E-state index in [-0.39, 0.29) is 5.69 Å². The third kappa shape index (κ3) is 1.91. The summed E-state index contributed by atoms with van der Waals surface area (Å²) in [6, 6.07) is 1.59. The van der Waals surface area contributed by atoms with Crippen LogP contribution in [-0.2, 0) is 0 Å². The second-order valence-electron chi connectivity index (χ2n) is 1.85. The van der Waals surface area contributed by atoms with Crippen LogP contribution in [0.25, 0.3) is 0 Å². The summed E-state index contributed by atoms with van der Waals surface area (Å²) in [5, 5.41) is 0. The predicted octanol–water partition coefficient (Wildman–Crippen LogP) is 0.354. The topological polar surface area (TPSA) is 47.0 Å². The number of H-pyrrole nitrogens is 1. The van der Waals surface area contributed by atoms with E-state index in [4.69, 9.17) is 17.1 Å². The van der Waals surface area contributed by atoms with E-state index in [0.717, 1.165) is 4.73 Å². The highest BCUT2D eigenvalue weighted by Gasteiger charge is 1.91. The Morgan fingerprint density at radius 1 is 1.82 bits per heavy atom. The second-order valence-corrected chi connectivity index (χ2v) is 2.29. The van der Waals surface area contributed by atoms with Crippen LogP contribution in [0.2, 0.25) is 0 Å². The standard InChI is InChI=1S/C6H8N2O2S/c1-2-10-8-4-3-5(11)7-6(8)9/h3-4H,2H2,1H3,(H,7,9,11). The highest BCUT2D eigenvalue weighted by atomic mass is 32.1. The van der Waals surface area contributed by atoms with Crippen LogP contribution in [0, 0.1) is 4.64 Å². The summed E-state index contributed by atoms with van der Waals surface area (Å²) in [5.74, 6) is 0. The SMILES string of the molecule is CCOn1ccc(=S)[nH]c1=O. The van der Waals surface area contributed by atoms with Gasteiger partial charge in [0, 0.05) is 0 Å². The molecule has 0 aromatic carbocycles. The lowest BCUT2D eigenvalue weighted by Crippen LogP contribution is -2.28. The van der Waals surface area contributed by atoms with Crippen molar-refractivity contribution < 1.29 is 4.84 Å². The molecule has 0 unspecified atom stereocenters. The fourth-order valence-electron chi connectivity index (χ4n) is 0.646. The molecule has 0 saturated carbocycles. The van der Waals surface area contributed by atoms with Crippen molar-refractivity contribution in [3.8, 4) is 0 Å². The minimum Gasteiger partial charge on any atom is -0.410 e. The maximum atomic E-state index is 10.9. The molecule has 0 spiro atoms. The Morgan fingerprint density at radius 2 is 2.55 bits per heavy atom. The maximum absolute atomic E-state index is 10.9. The zero-order valence-electron chi connectivity index (χ0n) is 6.03. The monoisotopic (exact) mass is 172 g/mol. The quantitative estimate of drug-likeness (QED) is 0.655. The van der Waals surface area contributed by atoms with Crippen LogP contribution in [0.15, 0.2) is 17.1 Å². The van der Waals surface area contributed by atoms with Crippen molar-refractivity contribution in [1.29, 1.82) is 0 Å². The molecule has 0 aliphatic rings. The van der Waals surface area contributed by atoms with Crippen molar-refractivity contribution in [3.05, 3.63) is 27.4 Å². The predicted molar refractivity (Wildman–Crippen MR) is 43.0 cm³/mol. The lowest BCUT2D eigenvalue weighted by atomic mass is 10.7. The fourth-order valence-corrected chi connectivity index (χ4v) is 0.794. The Hall–Kier alpha value is -1.10. The van der Waals surface area contributed by atoms with Gasteiger partial charge < -0.3 is 4.84 Å². The number of hydrogen-bond acceptors (Lipinski definition) is 3. The van der Waals surface area contributed by atoms with Gasteiger partial charge in [0.25, 0.3) is 0 Å². The van der Waals surface area contributed by atoms with Crippen molar-refractivity contribution in [1.82, 2.24) is 9.71 Å². The molecule has 0 saturated heterocycles. The number of aromatic nitrogens is 2. The molecule has 1 aromatic rings. The maximum Gasteiger partial charge on any atom is 0.359 e. The van der Waals surface area contributed by atoms with E-state index in [1.165, 1.54) is 6.20 Å².